The molecule has 7 heteroatoms. The van der Waals surface area contributed by atoms with Crippen molar-refractivity contribution in [2.75, 3.05) is 51.2 Å². The quantitative estimate of drug-likeness (QED) is 0.800. The molecule has 6 nitrogen and oxygen atoms in total. The lowest BCUT2D eigenvalue weighted by atomic mass is 10.1. The lowest BCUT2D eigenvalue weighted by Gasteiger charge is -2.36. The van der Waals surface area contributed by atoms with Crippen molar-refractivity contribution in [2.24, 2.45) is 5.92 Å². The molecular weight excluding hydrogens is 328 g/mol. The number of nitrogens with zero attached hydrogens (tertiary/aromatic N) is 2. The molecule has 1 unspecified atom stereocenters. The number of anilines is 1. The van der Waals surface area contributed by atoms with Crippen LogP contribution < -0.4 is 15.5 Å². The molecule has 1 aromatic rings. The Morgan fingerprint density at radius 3 is 2.58 bits per heavy atom. The standard InChI is InChI=1S/C17H25ClN4O2/c1-13(11-19-2)17(24)20-12-16(23)22-8-6-21(7-9-22)15-5-3-4-14(18)10-15/h3-5,10,13,19H,6-9,11-12H2,1-2H3,(H,20,24). The number of hydrogen-bond acceptors (Lipinski definition) is 4. The van der Waals surface area contributed by atoms with E-state index in [0.29, 0.717) is 24.7 Å². The highest BCUT2D eigenvalue weighted by Crippen LogP contribution is 2.20. The minimum atomic E-state index is -0.150. The monoisotopic (exact) mass is 352 g/mol. The van der Waals surface area contributed by atoms with Crippen molar-refractivity contribution in [2.45, 2.75) is 6.92 Å². The van der Waals surface area contributed by atoms with E-state index >= 15 is 0 Å². The number of benzene rings is 1. The first-order valence-electron chi connectivity index (χ1n) is 8.22. The van der Waals surface area contributed by atoms with Gasteiger partial charge in [0.15, 0.2) is 0 Å². The van der Waals surface area contributed by atoms with Gasteiger partial charge in [-0.2, -0.15) is 0 Å². The van der Waals surface area contributed by atoms with E-state index < -0.39 is 0 Å². The van der Waals surface area contributed by atoms with Crippen LogP contribution in [-0.4, -0.2) is 63.0 Å². The Kier molecular flexibility index (Phi) is 6.87. The van der Waals surface area contributed by atoms with Crippen LogP contribution in [0.25, 0.3) is 0 Å². The maximum atomic E-state index is 12.2. The van der Waals surface area contributed by atoms with E-state index in [4.69, 9.17) is 11.6 Å². The second-order valence-corrected chi connectivity index (χ2v) is 6.46. The maximum Gasteiger partial charge on any atom is 0.242 e. The molecule has 1 aromatic carbocycles. The van der Waals surface area contributed by atoms with Gasteiger partial charge in [0.1, 0.15) is 0 Å². The molecule has 0 radical (unpaired) electrons. The van der Waals surface area contributed by atoms with E-state index in [1.165, 1.54) is 0 Å². The molecule has 1 aliphatic rings. The summed E-state index contributed by atoms with van der Waals surface area (Å²) in [6.07, 6.45) is 0. The number of amides is 2. The summed E-state index contributed by atoms with van der Waals surface area (Å²) in [5, 5.41) is 6.38. The van der Waals surface area contributed by atoms with Crippen LogP contribution in [0.3, 0.4) is 0 Å². The van der Waals surface area contributed by atoms with Crippen LogP contribution in [0.15, 0.2) is 24.3 Å². The Morgan fingerprint density at radius 1 is 1.25 bits per heavy atom. The minimum absolute atomic E-state index is 0.0363. The fourth-order valence-electron chi connectivity index (χ4n) is 2.73. The van der Waals surface area contributed by atoms with E-state index in [1.807, 2.05) is 31.2 Å². The summed E-state index contributed by atoms with van der Waals surface area (Å²) < 4.78 is 0. The van der Waals surface area contributed by atoms with Crippen molar-refractivity contribution in [3.05, 3.63) is 29.3 Å². The minimum Gasteiger partial charge on any atom is -0.368 e. The molecule has 1 heterocycles. The van der Waals surface area contributed by atoms with Crippen molar-refractivity contribution in [1.29, 1.82) is 0 Å². The van der Waals surface area contributed by atoms with Crippen LogP contribution in [0.2, 0.25) is 5.02 Å². The molecular formula is C17H25ClN4O2. The number of nitrogens with one attached hydrogen (secondary N) is 2. The fraction of sp³-hybridized carbons (Fsp3) is 0.529. The van der Waals surface area contributed by atoms with Crippen molar-refractivity contribution in [3.63, 3.8) is 0 Å². The first-order chi connectivity index (χ1) is 11.5. The predicted molar refractivity (Wildman–Crippen MR) is 96.3 cm³/mol. The molecule has 0 aliphatic carbocycles. The highest BCUT2D eigenvalue weighted by atomic mass is 35.5. The summed E-state index contributed by atoms with van der Waals surface area (Å²) in [5.74, 6) is -0.288. The van der Waals surface area contributed by atoms with Crippen LogP contribution in [0, 0.1) is 5.92 Å². The molecule has 132 valence electrons. The van der Waals surface area contributed by atoms with Crippen molar-refractivity contribution >= 4 is 29.1 Å². The molecule has 24 heavy (non-hydrogen) atoms. The third kappa shape index (κ3) is 5.11. The summed E-state index contributed by atoms with van der Waals surface area (Å²) in [6, 6.07) is 7.73. The van der Waals surface area contributed by atoms with Gasteiger partial charge in [0.2, 0.25) is 11.8 Å². The van der Waals surface area contributed by atoms with Gasteiger partial charge in [-0.05, 0) is 25.2 Å². The highest BCUT2D eigenvalue weighted by molar-refractivity contribution is 6.30. The Bertz CT molecular complexity index is 573. The summed E-state index contributed by atoms with van der Waals surface area (Å²) in [6.45, 7) is 5.30. The van der Waals surface area contributed by atoms with Crippen LogP contribution in [0.4, 0.5) is 5.69 Å². The molecule has 2 amide bonds. The van der Waals surface area contributed by atoms with E-state index in [9.17, 15) is 9.59 Å². The van der Waals surface area contributed by atoms with Gasteiger partial charge >= 0.3 is 0 Å². The van der Waals surface area contributed by atoms with Crippen molar-refractivity contribution < 1.29 is 9.59 Å². The SMILES string of the molecule is CNCC(C)C(=O)NCC(=O)N1CCN(c2cccc(Cl)c2)CC1. The number of carbonyl (C=O) groups excluding carboxylic acids is 2. The van der Waals surface area contributed by atoms with Gasteiger partial charge in [0, 0.05) is 49.4 Å². The molecule has 0 spiro atoms. The summed E-state index contributed by atoms with van der Waals surface area (Å²) in [7, 11) is 1.80. The molecule has 2 N–H and O–H groups in total. The highest BCUT2D eigenvalue weighted by Gasteiger charge is 2.22. The van der Waals surface area contributed by atoms with Crippen molar-refractivity contribution in [3.8, 4) is 0 Å². The average molecular weight is 353 g/mol. The second-order valence-electron chi connectivity index (χ2n) is 6.02. The van der Waals surface area contributed by atoms with E-state index in [0.717, 1.165) is 18.8 Å². The number of hydrogen-bond donors (Lipinski definition) is 2. The molecule has 2 rings (SSSR count). The lowest BCUT2D eigenvalue weighted by molar-refractivity contribution is -0.133. The van der Waals surface area contributed by atoms with Gasteiger partial charge in [0.05, 0.1) is 6.54 Å². The largest absolute Gasteiger partial charge is 0.368 e. The second kappa shape index (κ2) is 8.89. The first kappa shape index (κ1) is 18.5. The summed E-state index contributed by atoms with van der Waals surface area (Å²) >= 11 is 6.03. The maximum absolute atomic E-state index is 12.2. The topological polar surface area (TPSA) is 64.7 Å². The third-order valence-electron chi connectivity index (χ3n) is 4.18. The average Bonchev–Trinajstić information content (AvgIpc) is 2.59. The van der Waals surface area contributed by atoms with Crippen molar-refractivity contribution in [1.82, 2.24) is 15.5 Å². The zero-order valence-electron chi connectivity index (χ0n) is 14.2. The molecule has 0 bridgehead atoms. The van der Waals surface area contributed by atoms with Crippen LogP contribution in [-0.2, 0) is 9.59 Å². The number of piperazine rings is 1. The number of halogens is 1. The zero-order valence-corrected chi connectivity index (χ0v) is 15.0. The van der Waals surface area contributed by atoms with Gasteiger partial charge in [-0.15, -0.1) is 0 Å². The molecule has 1 atom stereocenters. The van der Waals surface area contributed by atoms with Crippen LogP contribution >= 0.6 is 11.6 Å². The number of carbonyl (C=O) groups is 2. The Hall–Kier alpha value is -1.79. The lowest BCUT2D eigenvalue weighted by Crippen LogP contribution is -2.51. The molecule has 1 saturated heterocycles. The van der Waals surface area contributed by atoms with Crippen LogP contribution in [0.1, 0.15) is 6.92 Å². The molecule has 1 fully saturated rings. The van der Waals surface area contributed by atoms with E-state index in [-0.39, 0.29) is 24.3 Å². The molecule has 0 aromatic heterocycles. The fourth-order valence-corrected chi connectivity index (χ4v) is 2.92. The van der Waals surface area contributed by atoms with Gasteiger partial charge in [-0.25, -0.2) is 0 Å². The molecule has 1 aliphatic heterocycles. The summed E-state index contributed by atoms with van der Waals surface area (Å²) in [5.41, 5.74) is 1.07. The van der Waals surface area contributed by atoms with Gasteiger partial charge in [-0.3, -0.25) is 9.59 Å². The Morgan fingerprint density at radius 2 is 1.96 bits per heavy atom. The van der Waals surface area contributed by atoms with Gasteiger partial charge < -0.3 is 20.4 Å². The number of rotatable bonds is 6. The smallest absolute Gasteiger partial charge is 0.242 e. The zero-order chi connectivity index (χ0) is 17.5. The first-order valence-corrected chi connectivity index (χ1v) is 8.59. The van der Waals surface area contributed by atoms with E-state index in [2.05, 4.69) is 15.5 Å². The normalized spacial score (nSPS) is 16.0. The molecule has 0 saturated carbocycles. The Labute approximate surface area is 148 Å². The Balaban J connectivity index is 1.77. The van der Waals surface area contributed by atoms with Gasteiger partial charge in [-0.1, -0.05) is 24.6 Å². The summed E-state index contributed by atoms with van der Waals surface area (Å²) in [4.78, 5) is 28.1. The van der Waals surface area contributed by atoms with Crippen LogP contribution in [0.5, 0.6) is 0 Å². The predicted octanol–water partition coefficient (Wildman–Crippen LogP) is 0.960. The van der Waals surface area contributed by atoms with Gasteiger partial charge in [0.25, 0.3) is 0 Å². The van der Waals surface area contributed by atoms with E-state index in [1.54, 1.807) is 11.9 Å². The third-order valence-corrected chi connectivity index (χ3v) is 4.41.